The molecule has 3 nitrogen and oxygen atoms in total. The number of halogens is 3. The topological polar surface area (TPSA) is 52.5 Å². The third-order valence-corrected chi connectivity index (χ3v) is 3.06. The van der Waals surface area contributed by atoms with Gasteiger partial charge in [0.05, 0.1) is 17.8 Å². The lowest BCUT2D eigenvalue weighted by molar-refractivity contribution is -0.137. The Kier molecular flexibility index (Phi) is 6.45. The standard InChI is InChI=1S/C14H20F3NO2/c1-2-12(19)6-7-18-9-13(20)10-4-3-5-11(8-10)14(15,16)17/h3-5,8,12-13,18-20H,2,6-7,9H2,1H3. The minimum Gasteiger partial charge on any atom is -0.393 e. The first kappa shape index (κ1) is 16.9. The van der Waals surface area contributed by atoms with E-state index in [1.165, 1.54) is 12.1 Å². The maximum absolute atomic E-state index is 12.5. The number of nitrogens with one attached hydrogen (secondary N) is 1. The molecule has 1 rings (SSSR count). The first-order chi connectivity index (χ1) is 9.34. The first-order valence-corrected chi connectivity index (χ1v) is 6.58. The van der Waals surface area contributed by atoms with Crippen LogP contribution in [-0.2, 0) is 6.18 Å². The summed E-state index contributed by atoms with van der Waals surface area (Å²) in [6.07, 6.45) is -4.61. The van der Waals surface area contributed by atoms with E-state index >= 15 is 0 Å². The monoisotopic (exact) mass is 291 g/mol. The molecule has 6 heteroatoms. The largest absolute Gasteiger partial charge is 0.416 e. The van der Waals surface area contributed by atoms with Crippen molar-refractivity contribution in [2.24, 2.45) is 0 Å². The number of alkyl halides is 3. The lowest BCUT2D eigenvalue weighted by Gasteiger charge is -2.15. The highest BCUT2D eigenvalue weighted by Crippen LogP contribution is 2.30. The molecule has 0 saturated heterocycles. The lowest BCUT2D eigenvalue weighted by Crippen LogP contribution is -2.25. The summed E-state index contributed by atoms with van der Waals surface area (Å²) in [7, 11) is 0. The molecular formula is C14H20F3NO2. The predicted molar refractivity (Wildman–Crippen MR) is 70.2 cm³/mol. The minimum absolute atomic E-state index is 0.151. The normalized spacial score (nSPS) is 15.1. The van der Waals surface area contributed by atoms with Crippen LogP contribution in [0.5, 0.6) is 0 Å². The van der Waals surface area contributed by atoms with Crippen LogP contribution in [0.1, 0.15) is 37.0 Å². The Hall–Kier alpha value is -1.11. The molecule has 0 aliphatic carbocycles. The van der Waals surface area contributed by atoms with Crippen molar-refractivity contribution in [2.75, 3.05) is 13.1 Å². The summed E-state index contributed by atoms with van der Waals surface area (Å²) in [4.78, 5) is 0. The van der Waals surface area contributed by atoms with E-state index in [1.807, 2.05) is 6.92 Å². The predicted octanol–water partition coefficient (Wildman–Crippen LogP) is 2.49. The molecule has 1 aromatic carbocycles. The van der Waals surface area contributed by atoms with Crippen LogP contribution in [0.2, 0.25) is 0 Å². The zero-order chi connectivity index (χ0) is 15.2. The number of aliphatic hydroxyl groups is 2. The molecule has 1 aromatic rings. The second-order valence-electron chi connectivity index (χ2n) is 4.69. The van der Waals surface area contributed by atoms with Gasteiger partial charge in [-0.2, -0.15) is 13.2 Å². The van der Waals surface area contributed by atoms with Gasteiger partial charge in [0.15, 0.2) is 0 Å². The van der Waals surface area contributed by atoms with Crippen molar-refractivity contribution >= 4 is 0 Å². The van der Waals surface area contributed by atoms with Gasteiger partial charge in [0, 0.05) is 6.54 Å². The van der Waals surface area contributed by atoms with E-state index in [4.69, 9.17) is 0 Å². The van der Waals surface area contributed by atoms with Crippen molar-refractivity contribution in [1.82, 2.24) is 5.32 Å². The van der Waals surface area contributed by atoms with Gasteiger partial charge in [0.25, 0.3) is 0 Å². The Morgan fingerprint density at radius 2 is 1.95 bits per heavy atom. The van der Waals surface area contributed by atoms with Crippen LogP contribution in [0.4, 0.5) is 13.2 Å². The molecule has 3 N–H and O–H groups in total. The van der Waals surface area contributed by atoms with E-state index in [1.54, 1.807) is 0 Å². The molecule has 0 aliphatic heterocycles. The summed E-state index contributed by atoms with van der Waals surface area (Å²) in [5.74, 6) is 0. The molecule has 0 amide bonds. The Bertz CT molecular complexity index is 410. The molecule has 0 aromatic heterocycles. The maximum atomic E-state index is 12.5. The van der Waals surface area contributed by atoms with Gasteiger partial charge < -0.3 is 15.5 Å². The average molecular weight is 291 g/mol. The van der Waals surface area contributed by atoms with E-state index in [0.29, 0.717) is 19.4 Å². The van der Waals surface area contributed by atoms with Gasteiger partial charge >= 0.3 is 6.18 Å². The number of hydrogen-bond acceptors (Lipinski definition) is 3. The Balaban J connectivity index is 2.49. The van der Waals surface area contributed by atoms with Crippen molar-refractivity contribution in [3.8, 4) is 0 Å². The van der Waals surface area contributed by atoms with E-state index in [-0.39, 0.29) is 12.1 Å². The average Bonchev–Trinajstić information content (AvgIpc) is 2.42. The van der Waals surface area contributed by atoms with Gasteiger partial charge in [-0.05, 0) is 37.1 Å². The lowest BCUT2D eigenvalue weighted by atomic mass is 10.1. The molecule has 0 heterocycles. The van der Waals surface area contributed by atoms with Crippen LogP contribution < -0.4 is 5.32 Å². The third-order valence-electron chi connectivity index (χ3n) is 3.06. The highest BCUT2D eigenvalue weighted by atomic mass is 19.4. The van der Waals surface area contributed by atoms with E-state index in [2.05, 4.69) is 5.32 Å². The smallest absolute Gasteiger partial charge is 0.393 e. The van der Waals surface area contributed by atoms with Crippen LogP contribution in [0, 0.1) is 0 Å². The molecule has 0 spiro atoms. The summed E-state index contributed by atoms with van der Waals surface area (Å²) in [6, 6.07) is 4.67. The summed E-state index contributed by atoms with van der Waals surface area (Å²) in [6.45, 7) is 2.52. The van der Waals surface area contributed by atoms with Crippen molar-refractivity contribution in [1.29, 1.82) is 0 Å². The molecule has 2 atom stereocenters. The molecule has 2 unspecified atom stereocenters. The fraction of sp³-hybridized carbons (Fsp3) is 0.571. The molecule has 20 heavy (non-hydrogen) atoms. The fourth-order valence-electron chi connectivity index (χ4n) is 1.75. The first-order valence-electron chi connectivity index (χ1n) is 6.58. The number of rotatable bonds is 7. The summed E-state index contributed by atoms with van der Waals surface area (Å²) in [5.41, 5.74) is -0.543. The Morgan fingerprint density at radius 3 is 2.55 bits per heavy atom. The highest BCUT2D eigenvalue weighted by Gasteiger charge is 2.30. The second-order valence-corrected chi connectivity index (χ2v) is 4.69. The number of hydrogen-bond donors (Lipinski definition) is 3. The minimum atomic E-state index is -4.41. The maximum Gasteiger partial charge on any atom is 0.416 e. The SMILES string of the molecule is CCC(O)CCNCC(O)c1cccc(C(F)(F)F)c1. The van der Waals surface area contributed by atoms with Gasteiger partial charge in [-0.15, -0.1) is 0 Å². The fourth-order valence-corrected chi connectivity index (χ4v) is 1.75. The Labute approximate surface area is 116 Å². The van der Waals surface area contributed by atoms with Crippen molar-refractivity contribution in [3.63, 3.8) is 0 Å². The number of aliphatic hydroxyl groups excluding tert-OH is 2. The molecular weight excluding hydrogens is 271 g/mol. The van der Waals surface area contributed by atoms with Crippen molar-refractivity contribution in [3.05, 3.63) is 35.4 Å². The van der Waals surface area contributed by atoms with E-state index < -0.39 is 23.9 Å². The molecule has 0 bridgehead atoms. The van der Waals surface area contributed by atoms with E-state index in [9.17, 15) is 23.4 Å². The summed E-state index contributed by atoms with van der Waals surface area (Å²) in [5, 5.41) is 22.1. The molecule has 0 aliphatic rings. The van der Waals surface area contributed by atoms with Crippen LogP contribution in [0.15, 0.2) is 24.3 Å². The van der Waals surface area contributed by atoms with E-state index in [0.717, 1.165) is 12.1 Å². The van der Waals surface area contributed by atoms with Gasteiger partial charge in [-0.25, -0.2) is 0 Å². The third kappa shape index (κ3) is 5.48. The zero-order valence-corrected chi connectivity index (χ0v) is 11.3. The van der Waals surface area contributed by atoms with Crippen molar-refractivity contribution < 1.29 is 23.4 Å². The van der Waals surface area contributed by atoms with Gasteiger partial charge in [-0.3, -0.25) is 0 Å². The van der Waals surface area contributed by atoms with Gasteiger partial charge in [0.2, 0.25) is 0 Å². The Morgan fingerprint density at radius 1 is 1.25 bits per heavy atom. The molecule has 114 valence electrons. The van der Waals surface area contributed by atoms with Crippen LogP contribution >= 0.6 is 0 Å². The van der Waals surface area contributed by atoms with Crippen molar-refractivity contribution in [2.45, 2.75) is 38.1 Å². The van der Waals surface area contributed by atoms with Gasteiger partial charge in [-0.1, -0.05) is 19.1 Å². The zero-order valence-electron chi connectivity index (χ0n) is 11.3. The molecule has 0 radical (unpaired) electrons. The van der Waals surface area contributed by atoms with Crippen LogP contribution in [-0.4, -0.2) is 29.4 Å². The van der Waals surface area contributed by atoms with Gasteiger partial charge in [0.1, 0.15) is 0 Å². The molecule has 0 fully saturated rings. The quantitative estimate of drug-likeness (QED) is 0.677. The number of benzene rings is 1. The van der Waals surface area contributed by atoms with Crippen LogP contribution in [0.25, 0.3) is 0 Å². The second kappa shape index (κ2) is 7.61. The summed E-state index contributed by atoms with van der Waals surface area (Å²) < 4.78 is 37.6. The highest BCUT2D eigenvalue weighted by molar-refractivity contribution is 5.27. The van der Waals surface area contributed by atoms with Crippen LogP contribution in [0.3, 0.4) is 0 Å². The summed E-state index contributed by atoms with van der Waals surface area (Å²) >= 11 is 0. The molecule has 0 saturated carbocycles.